The minimum absolute atomic E-state index is 0.239. The Bertz CT molecular complexity index is 128. The van der Waals surface area contributed by atoms with Crippen LogP contribution in [0, 0.1) is 0 Å². The molecule has 4 heteroatoms. The largest absolute Gasteiger partial charge is 0.460 e. The zero-order valence-corrected chi connectivity index (χ0v) is 8.60. The van der Waals surface area contributed by atoms with E-state index in [-0.39, 0.29) is 12.4 Å². The van der Waals surface area contributed by atoms with E-state index in [0.29, 0.717) is 6.61 Å². The van der Waals surface area contributed by atoms with Crippen LogP contribution in [0.5, 0.6) is 0 Å². The highest BCUT2D eigenvalue weighted by Gasteiger charge is 2.15. The van der Waals surface area contributed by atoms with E-state index < -0.39 is 5.60 Å². The van der Waals surface area contributed by atoms with E-state index in [9.17, 15) is 4.79 Å². The second-order valence-electron chi connectivity index (χ2n) is 3.15. The summed E-state index contributed by atoms with van der Waals surface area (Å²) in [5.41, 5.74) is -0.399. The molecule has 0 fully saturated rings. The van der Waals surface area contributed by atoms with E-state index >= 15 is 0 Å². The van der Waals surface area contributed by atoms with Gasteiger partial charge in [-0.3, -0.25) is 4.79 Å². The van der Waals surface area contributed by atoms with Crippen molar-refractivity contribution in [3.63, 3.8) is 0 Å². The second-order valence-corrected chi connectivity index (χ2v) is 3.61. The Morgan fingerprint density at radius 3 is 2.36 bits per heavy atom. The van der Waals surface area contributed by atoms with Crippen LogP contribution in [0.15, 0.2) is 0 Å². The van der Waals surface area contributed by atoms with Gasteiger partial charge in [0, 0.05) is 0 Å². The fourth-order valence-electron chi connectivity index (χ4n) is 0.514. The van der Waals surface area contributed by atoms with E-state index in [0.717, 1.165) is 0 Å². The zero-order chi connectivity index (χ0) is 8.91. The quantitative estimate of drug-likeness (QED) is 0.689. The Kier molecular flexibility index (Phi) is 4.68. The van der Waals surface area contributed by atoms with Crippen LogP contribution in [0.2, 0.25) is 0 Å². The van der Waals surface area contributed by atoms with Gasteiger partial charge in [-0.15, -0.1) is 0 Å². The molecule has 0 heterocycles. The number of hydrogen-bond donors (Lipinski definition) is 0. The molecule has 0 aromatic carbocycles. The first kappa shape index (κ1) is 10.9. The average Bonchev–Trinajstić information content (AvgIpc) is 1.79. The first-order valence-electron chi connectivity index (χ1n) is 3.41. The maximum absolute atomic E-state index is 10.9. The van der Waals surface area contributed by atoms with Crippen molar-refractivity contribution in [1.82, 2.24) is 0 Å². The molecule has 0 unspecified atom stereocenters. The molecule has 0 rings (SSSR count). The van der Waals surface area contributed by atoms with E-state index in [1.54, 1.807) is 0 Å². The molecular formula is C7H13BrO3. The number of esters is 1. The van der Waals surface area contributed by atoms with Gasteiger partial charge >= 0.3 is 5.97 Å². The van der Waals surface area contributed by atoms with Gasteiger partial charge in [-0.1, -0.05) is 0 Å². The SMILES string of the molecule is CC(C)(C)OC(=O)CCOBr. The average molecular weight is 225 g/mol. The second kappa shape index (κ2) is 4.72. The van der Waals surface area contributed by atoms with Crippen molar-refractivity contribution in [2.75, 3.05) is 6.61 Å². The summed E-state index contributed by atoms with van der Waals surface area (Å²) in [7, 11) is 0. The van der Waals surface area contributed by atoms with Gasteiger partial charge in [0.25, 0.3) is 0 Å². The summed E-state index contributed by atoms with van der Waals surface area (Å²) in [5, 5.41) is 0. The standard InChI is InChI=1S/C7H13BrO3/c1-7(2,3)11-6(9)4-5-10-8/h4-5H2,1-3H3. The van der Waals surface area contributed by atoms with E-state index in [4.69, 9.17) is 4.74 Å². The molecule has 0 bridgehead atoms. The molecule has 0 aliphatic carbocycles. The summed E-state index contributed by atoms with van der Waals surface area (Å²) in [6.45, 7) is 5.84. The molecule has 0 aliphatic heterocycles. The lowest BCUT2D eigenvalue weighted by Gasteiger charge is -2.18. The number of halogens is 1. The number of carbonyl (C=O) groups is 1. The van der Waals surface area contributed by atoms with Crippen molar-refractivity contribution in [3.05, 3.63) is 0 Å². The van der Waals surface area contributed by atoms with Crippen LogP contribution in [-0.4, -0.2) is 18.2 Å². The van der Waals surface area contributed by atoms with Crippen molar-refractivity contribution >= 4 is 22.2 Å². The van der Waals surface area contributed by atoms with Crippen molar-refractivity contribution < 1.29 is 13.4 Å². The first-order valence-corrected chi connectivity index (χ1v) is 4.06. The van der Waals surface area contributed by atoms with Crippen LogP contribution in [0.1, 0.15) is 27.2 Å². The van der Waals surface area contributed by atoms with Crippen LogP contribution in [0.3, 0.4) is 0 Å². The summed E-state index contributed by atoms with van der Waals surface area (Å²) in [6, 6.07) is 0. The van der Waals surface area contributed by atoms with Crippen LogP contribution in [0.25, 0.3) is 0 Å². The molecule has 3 nitrogen and oxygen atoms in total. The summed E-state index contributed by atoms with van der Waals surface area (Å²) in [6.07, 6.45) is 0.280. The Labute approximate surface area is 75.5 Å². The zero-order valence-electron chi connectivity index (χ0n) is 7.02. The Morgan fingerprint density at radius 1 is 1.45 bits per heavy atom. The fourth-order valence-corrected chi connectivity index (χ4v) is 0.676. The Morgan fingerprint density at radius 2 is 2.00 bits per heavy atom. The number of ether oxygens (including phenoxy) is 1. The van der Waals surface area contributed by atoms with Gasteiger partial charge in [-0.2, -0.15) is 0 Å². The molecule has 0 aliphatic rings. The maximum Gasteiger partial charge on any atom is 0.308 e. The normalized spacial score (nSPS) is 11.3. The van der Waals surface area contributed by atoms with Gasteiger partial charge in [-0.25, -0.2) is 0 Å². The molecule has 0 saturated carbocycles. The molecule has 0 saturated heterocycles. The summed E-state index contributed by atoms with van der Waals surface area (Å²) in [5.74, 6) is -0.239. The molecule has 0 atom stereocenters. The van der Waals surface area contributed by atoms with Crippen LogP contribution >= 0.6 is 16.3 Å². The van der Waals surface area contributed by atoms with Gasteiger partial charge in [0.15, 0.2) is 0 Å². The minimum Gasteiger partial charge on any atom is -0.460 e. The predicted octanol–water partition coefficient (Wildman–Crippen LogP) is 2.04. The molecule has 0 aromatic rings. The first-order chi connectivity index (χ1) is 4.95. The highest BCUT2D eigenvalue weighted by Crippen LogP contribution is 2.08. The molecule has 0 amide bonds. The molecule has 0 spiro atoms. The van der Waals surface area contributed by atoms with Crippen LogP contribution < -0.4 is 0 Å². The van der Waals surface area contributed by atoms with Gasteiger partial charge < -0.3 is 8.57 Å². The van der Waals surface area contributed by atoms with E-state index in [1.165, 1.54) is 0 Å². The lowest BCUT2D eigenvalue weighted by molar-refractivity contribution is -0.155. The monoisotopic (exact) mass is 224 g/mol. The number of carbonyl (C=O) groups excluding carboxylic acids is 1. The molecule has 11 heavy (non-hydrogen) atoms. The van der Waals surface area contributed by atoms with Crippen LogP contribution in [0.4, 0.5) is 0 Å². The highest BCUT2D eigenvalue weighted by atomic mass is 79.9. The highest BCUT2D eigenvalue weighted by molar-refractivity contribution is 9.06. The molecule has 66 valence electrons. The summed E-state index contributed by atoms with van der Waals surface area (Å²) in [4.78, 5) is 10.9. The van der Waals surface area contributed by atoms with Gasteiger partial charge in [-0.05, 0) is 20.8 Å². The predicted molar refractivity (Wildman–Crippen MR) is 45.3 cm³/mol. The topological polar surface area (TPSA) is 35.5 Å². The molecular weight excluding hydrogens is 212 g/mol. The summed E-state index contributed by atoms with van der Waals surface area (Å²) >= 11 is 2.75. The fraction of sp³-hybridized carbons (Fsp3) is 0.857. The third kappa shape index (κ3) is 7.81. The van der Waals surface area contributed by atoms with Gasteiger partial charge in [0.2, 0.25) is 0 Å². The van der Waals surface area contributed by atoms with Gasteiger partial charge in [0.1, 0.15) is 5.60 Å². The minimum atomic E-state index is -0.399. The van der Waals surface area contributed by atoms with Gasteiger partial charge in [0.05, 0.1) is 29.3 Å². The van der Waals surface area contributed by atoms with Crippen molar-refractivity contribution in [3.8, 4) is 0 Å². The third-order valence-electron chi connectivity index (χ3n) is 0.803. The molecule has 0 aromatic heterocycles. The lowest BCUT2D eigenvalue weighted by Crippen LogP contribution is -2.24. The van der Waals surface area contributed by atoms with Crippen molar-refractivity contribution in [2.24, 2.45) is 0 Å². The smallest absolute Gasteiger partial charge is 0.308 e. The van der Waals surface area contributed by atoms with Crippen molar-refractivity contribution in [2.45, 2.75) is 32.8 Å². The van der Waals surface area contributed by atoms with E-state index in [1.807, 2.05) is 20.8 Å². The lowest BCUT2D eigenvalue weighted by atomic mass is 10.2. The maximum atomic E-state index is 10.9. The molecule has 0 radical (unpaired) electrons. The third-order valence-corrected chi connectivity index (χ3v) is 1.13. The van der Waals surface area contributed by atoms with Crippen molar-refractivity contribution in [1.29, 1.82) is 0 Å². The van der Waals surface area contributed by atoms with E-state index in [2.05, 4.69) is 20.1 Å². The molecule has 0 N–H and O–H groups in total. The number of rotatable bonds is 3. The Balaban J connectivity index is 3.53. The Hall–Kier alpha value is -0.0900. The summed E-state index contributed by atoms with van der Waals surface area (Å²) < 4.78 is 9.54. The van der Waals surface area contributed by atoms with Crippen LogP contribution in [-0.2, 0) is 13.4 Å². The number of hydrogen-bond acceptors (Lipinski definition) is 3.